The van der Waals surface area contributed by atoms with E-state index in [0.717, 1.165) is 20.9 Å². The van der Waals surface area contributed by atoms with Crippen LogP contribution in [-0.2, 0) is 29.9 Å². The average Bonchev–Trinajstić information content (AvgIpc) is 3.37. The lowest BCUT2D eigenvalue weighted by atomic mass is 9.99. The maximum atomic E-state index is 14.2. The summed E-state index contributed by atoms with van der Waals surface area (Å²) in [4.78, 5) is 42.9. The molecule has 2 aromatic rings. The molecule has 1 aromatic carbocycles. The van der Waals surface area contributed by atoms with Crippen molar-refractivity contribution in [2.75, 3.05) is 32.4 Å². The summed E-state index contributed by atoms with van der Waals surface area (Å²) in [5.41, 5.74) is 0.518. The minimum atomic E-state index is -3.60. The van der Waals surface area contributed by atoms with Gasteiger partial charge in [-0.3, -0.25) is 14.3 Å². The smallest absolute Gasteiger partial charge is 0.419 e. The van der Waals surface area contributed by atoms with Gasteiger partial charge in [0.1, 0.15) is 11.2 Å². The van der Waals surface area contributed by atoms with Gasteiger partial charge in [0.2, 0.25) is 7.37 Å². The fraction of sp³-hybridized carbons (Fsp3) is 0.594. The van der Waals surface area contributed by atoms with E-state index >= 15 is 0 Å². The van der Waals surface area contributed by atoms with Crippen molar-refractivity contribution in [3.8, 4) is 10.4 Å². The van der Waals surface area contributed by atoms with Crippen molar-refractivity contribution >= 4 is 36.9 Å². The van der Waals surface area contributed by atoms with E-state index in [0.29, 0.717) is 13.1 Å². The number of imide groups is 1. The summed E-state index contributed by atoms with van der Waals surface area (Å²) >= 11 is 1.63. The SMILES string of the molecule is CCOP1(=O)CCN(Cc2ccsc2-c2ccccc2)CC1(CCCCN(C(=O)OC(C)(C)C)C(=O)OC(C)(C)C)C(=O)O. The second-order valence-corrected chi connectivity index (χ2v) is 16.9. The number of carboxylic acid groups (broad SMARTS) is 1. The number of ether oxygens (including phenoxy) is 2. The quantitative estimate of drug-likeness (QED) is 0.192. The molecule has 1 N–H and O–H groups in total. The third-order valence-electron chi connectivity index (χ3n) is 7.21. The molecule has 2 unspecified atom stereocenters. The molecule has 12 heteroatoms. The van der Waals surface area contributed by atoms with Crippen LogP contribution in [0.25, 0.3) is 10.4 Å². The zero-order valence-electron chi connectivity index (χ0n) is 27.0. The molecule has 10 nitrogen and oxygen atoms in total. The van der Waals surface area contributed by atoms with Gasteiger partial charge < -0.3 is 19.1 Å². The molecule has 1 fully saturated rings. The molecule has 1 aromatic heterocycles. The van der Waals surface area contributed by atoms with Crippen molar-refractivity contribution in [1.82, 2.24) is 9.80 Å². The zero-order valence-corrected chi connectivity index (χ0v) is 28.7. The third-order valence-corrected chi connectivity index (χ3v) is 11.5. The minimum absolute atomic E-state index is 0.0441. The molecule has 2 heterocycles. The van der Waals surface area contributed by atoms with E-state index in [4.69, 9.17) is 14.0 Å². The number of rotatable bonds is 11. The van der Waals surface area contributed by atoms with Crippen molar-refractivity contribution in [2.24, 2.45) is 0 Å². The van der Waals surface area contributed by atoms with E-state index < -0.39 is 41.9 Å². The summed E-state index contributed by atoms with van der Waals surface area (Å²) in [5.74, 6) is -1.16. The lowest BCUT2D eigenvalue weighted by Gasteiger charge is -2.45. The molecule has 1 aliphatic heterocycles. The lowest BCUT2D eigenvalue weighted by Crippen LogP contribution is -2.54. The molecule has 1 aliphatic rings. The van der Waals surface area contributed by atoms with Gasteiger partial charge in [-0.1, -0.05) is 30.3 Å². The van der Waals surface area contributed by atoms with Gasteiger partial charge in [0.25, 0.3) is 0 Å². The van der Waals surface area contributed by atoms with Crippen LogP contribution in [0.2, 0.25) is 0 Å². The number of unbranched alkanes of at least 4 members (excludes halogenated alkanes) is 1. The number of aliphatic carboxylic acids is 1. The van der Waals surface area contributed by atoms with Crippen LogP contribution in [0.3, 0.4) is 0 Å². The minimum Gasteiger partial charge on any atom is -0.480 e. The maximum Gasteiger partial charge on any atom is 0.419 e. The molecule has 3 rings (SSSR count). The van der Waals surface area contributed by atoms with Crippen LogP contribution in [0, 0.1) is 0 Å². The van der Waals surface area contributed by atoms with Gasteiger partial charge in [-0.05, 0) is 90.3 Å². The molecule has 2 atom stereocenters. The van der Waals surface area contributed by atoms with Crippen LogP contribution in [0.1, 0.15) is 73.3 Å². The van der Waals surface area contributed by atoms with E-state index in [1.165, 1.54) is 0 Å². The van der Waals surface area contributed by atoms with Crippen LogP contribution in [-0.4, -0.2) is 81.8 Å². The predicted molar refractivity (Wildman–Crippen MR) is 173 cm³/mol. The lowest BCUT2D eigenvalue weighted by molar-refractivity contribution is -0.141. The highest BCUT2D eigenvalue weighted by Crippen LogP contribution is 2.63. The Balaban J connectivity index is 1.79. The Bertz CT molecular complexity index is 1310. The summed E-state index contributed by atoms with van der Waals surface area (Å²) in [6, 6.07) is 12.1. The molecule has 0 bridgehead atoms. The molecular formula is C32H47N2O8PS. The van der Waals surface area contributed by atoms with Gasteiger partial charge in [-0.25, -0.2) is 14.5 Å². The van der Waals surface area contributed by atoms with Crippen LogP contribution < -0.4 is 0 Å². The van der Waals surface area contributed by atoms with Gasteiger partial charge in [0, 0.05) is 37.2 Å². The molecule has 1 saturated heterocycles. The van der Waals surface area contributed by atoms with Gasteiger partial charge in [-0.2, -0.15) is 0 Å². The van der Waals surface area contributed by atoms with Crippen molar-refractivity contribution in [3.63, 3.8) is 0 Å². The fourth-order valence-corrected chi connectivity index (χ4v) is 9.17. The Morgan fingerprint density at radius 2 is 1.61 bits per heavy atom. The van der Waals surface area contributed by atoms with Gasteiger partial charge in [-0.15, -0.1) is 11.3 Å². The second kappa shape index (κ2) is 14.6. The Hall–Kier alpha value is -2.72. The summed E-state index contributed by atoms with van der Waals surface area (Å²) in [6.45, 7) is 13.0. The van der Waals surface area contributed by atoms with E-state index in [9.17, 15) is 24.1 Å². The first-order valence-corrected chi connectivity index (χ1v) is 17.7. The molecule has 44 heavy (non-hydrogen) atoms. The van der Waals surface area contributed by atoms with E-state index in [-0.39, 0.29) is 45.1 Å². The topological polar surface area (TPSA) is 123 Å². The Morgan fingerprint density at radius 1 is 1.00 bits per heavy atom. The summed E-state index contributed by atoms with van der Waals surface area (Å²) in [7, 11) is -3.60. The van der Waals surface area contributed by atoms with E-state index in [2.05, 4.69) is 0 Å². The first-order valence-electron chi connectivity index (χ1n) is 15.0. The normalized spacial score (nSPS) is 21.1. The molecule has 0 spiro atoms. The largest absolute Gasteiger partial charge is 0.480 e. The molecule has 2 amide bonds. The number of carbonyl (C=O) groups is 3. The third kappa shape index (κ3) is 9.16. The van der Waals surface area contributed by atoms with E-state index in [1.54, 1.807) is 59.8 Å². The highest BCUT2D eigenvalue weighted by atomic mass is 32.1. The maximum absolute atomic E-state index is 14.2. The van der Waals surface area contributed by atoms with Crippen LogP contribution in [0.5, 0.6) is 0 Å². The molecule has 0 radical (unpaired) electrons. The zero-order chi connectivity index (χ0) is 32.8. The van der Waals surface area contributed by atoms with Gasteiger partial charge in [0.05, 0.1) is 6.61 Å². The van der Waals surface area contributed by atoms with E-state index in [1.807, 2.05) is 46.7 Å². The fourth-order valence-electron chi connectivity index (χ4n) is 5.27. The number of nitrogens with zero attached hydrogens (tertiary/aromatic N) is 2. The molecule has 0 aliphatic carbocycles. The number of amides is 2. The molecule has 244 valence electrons. The summed E-state index contributed by atoms with van der Waals surface area (Å²) in [5, 5.41) is 11.0. The molecular weight excluding hydrogens is 603 g/mol. The number of carbonyl (C=O) groups excluding carboxylic acids is 2. The predicted octanol–water partition coefficient (Wildman–Crippen LogP) is 7.71. The Labute approximate surface area is 265 Å². The number of hydrogen-bond acceptors (Lipinski definition) is 9. The first kappa shape index (κ1) is 35.8. The van der Waals surface area contributed by atoms with Gasteiger partial charge in [0.15, 0.2) is 5.16 Å². The Morgan fingerprint density at radius 3 is 2.16 bits per heavy atom. The van der Waals surface area contributed by atoms with Crippen LogP contribution in [0.15, 0.2) is 41.8 Å². The van der Waals surface area contributed by atoms with Crippen molar-refractivity contribution in [2.45, 2.75) is 90.6 Å². The number of carboxylic acids is 1. The standard InChI is InChI=1S/C32H47N2O8PS/c1-8-40-43(39)20-19-33(22-25-16-21-44-26(25)24-14-10-9-11-15-24)23-32(43,27(35)36)17-12-13-18-34(28(37)41-30(2,3)4)29(38)42-31(5,6)7/h9-11,14-16,21H,8,12-13,17-20,22-23H2,1-7H3,(H,35,36). The van der Waals surface area contributed by atoms with Gasteiger partial charge >= 0.3 is 18.2 Å². The Kier molecular flexibility index (Phi) is 11.9. The monoisotopic (exact) mass is 650 g/mol. The average molecular weight is 651 g/mol. The number of thiophene rings is 1. The second-order valence-electron chi connectivity index (χ2n) is 13.1. The van der Waals surface area contributed by atoms with Crippen molar-refractivity contribution in [1.29, 1.82) is 0 Å². The number of benzene rings is 1. The first-order chi connectivity index (χ1) is 20.5. The summed E-state index contributed by atoms with van der Waals surface area (Å²) in [6.07, 6.45) is -0.946. The highest BCUT2D eigenvalue weighted by Gasteiger charge is 2.58. The molecule has 0 saturated carbocycles. The van der Waals surface area contributed by atoms with Crippen LogP contribution in [0.4, 0.5) is 9.59 Å². The summed E-state index contributed by atoms with van der Waals surface area (Å²) < 4.78 is 30.9. The van der Waals surface area contributed by atoms with Crippen molar-refractivity contribution in [3.05, 3.63) is 47.3 Å². The number of hydrogen-bond donors (Lipinski definition) is 1. The van der Waals surface area contributed by atoms with Crippen molar-refractivity contribution < 1.29 is 38.1 Å². The van der Waals surface area contributed by atoms with Crippen LogP contribution >= 0.6 is 18.7 Å². The highest BCUT2D eigenvalue weighted by molar-refractivity contribution is 7.62.